The first-order valence-corrected chi connectivity index (χ1v) is 11.6. The number of carbonyl (C=O) groups is 2. The van der Waals surface area contributed by atoms with Crippen molar-refractivity contribution in [2.24, 2.45) is 5.73 Å². The molecule has 0 bridgehead atoms. The van der Waals surface area contributed by atoms with Crippen LogP contribution < -0.4 is 21.1 Å². The van der Waals surface area contributed by atoms with Gasteiger partial charge in [-0.15, -0.1) is 5.10 Å². The Balaban J connectivity index is 1.28. The van der Waals surface area contributed by atoms with Crippen LogP contribution in [-0.2, 0) is 11.2 Å². The third-order valence-electron chi connectivity index (χ3n) is 5.84. The van der Waals surface area contributed by atoms with Crippen LogP contribution in [0, 0.1) is 5.82 Å². The number of ether oxygens (including phenoxy) is 1. The zero-order valence-corrected chi connectivity index (χ0v) is 20.3. The summed E-state index contributed by atoms with van der Waals surface area (Å²) < 4.78 is 20.1. The lowest BCUT2D eigenvalue weighted by Gasteiger charge is -2.09. The molecule has 2 aromatic heterocycles. The number of halogens is 1. The molecule has 3 aromatic carbocycles. The first kappa shape index (κ1) is 24.4. The second kappa shape index (κ2) is 10.4. The largest absolute Gasteiger partial charge is 0.495 e. The number of nitrogens with one attached hydrogen (secondary N) is 2. The van der Waals surface area contributed by atoms with E-state index in [9.17, 15) is 14.0 Å². The molecule has 38 heavy (non-hydrogen) atoms. The first-order chi connectivity index (χ1) is 18.4. The van der Waals surface area contributed by atoms with E-state index in [-0.39, 0.29) is 18.1 Å². The van der Waals surface area contributed by atoms with Gasteiger partial charge in [0.15, 0.2) is 5.65 Å². The van der Waals surface area contributed by atoms with Crippen molar-refractivity contribution in [2.75, 3.05) is 17.7 Å². The third-order valence-corrected chi connectivity index (χ3v) is 5.84. The average Bonchev–Trinajstić information content (AvgIpc) is 3.32. The molecule has 0 atom stereocenters. The number of methoxy groups -OCH3 is 1. The van der Waals surface area contributed by atoms with Gasteiger partial charge in [0.25, 0.3) is 0 Å². The van der Waals surface area contributed by atoms with Gasteiger partial charge in [-0.3, -0.25) is 9.59 Å². The summed E-state index contributed by atoms with van der Waals surface area (Å²) in [4.78, 5) is 28.3. The predicted octanol–water partition coefficient (Wildman–Crippen LogP) is 4.57. The molecular weight excluding hydrogens is 487 g/mol. The molecule has 2 heterocycles. The molecule has 9 nitrogen and oxygen atoms in total. The summed E-state index contributed by atoms with van der Waals surface area (Å²) in [6, 6.07) is 21.9. The van der Waals surface area contributed by atoms with E-state index in [1.807, 2.05) is 42.6 Å². The highest BCUT2D eigenvalue weighted by Crippen LogP contribution is 2.28. The lowest BCUT2D eigenvalue weighted by atomic mass is 10.1. The summed E-state index contributed by atoms with van der Waals surface area (Å²) >= 11 is 0. The zero-order chi connectivity index (χ0) is 26.6. The Kier molecular flexibility index (Phi) is 6.68. The smallest absolute Gasteiger partial charge is 0.248 e. The van der Waals surface area contributed by atoms with Crippen LogP contribution in [-0.4, -0.2) is 33.5 Å². The van der Waals surface area contributed by atoms with Gasteiger partial charge in [0.1, 0.15) is 11.6 Å². The molecule has 5 rings (SSSR count). The maximum atomic E-state index is 13.1. The minimum atomic E-state index is -0.548. The summed E-state index contributed by atoms with van der Waals surface area (Å²) in [6.07, 6.45) is 2.01. The maximum Gasteiger partial charge on any atom is 0.248 e. The molecule has 0 saturated carbocycles. The lowest BCUT2D eigenvalue weighted by Crippen LogP contribution is -2.14. The number of carbonyl (C=O) groups excluding carboxylic acids is 2. The van der Waals surface area contributed by atoms with E-state index >= 15 is 0 Å². The number of anilines is 3. The molecule has 0 aliphatic rings. The van der Waals surface area contributed by atoms with Crippen molar-refractivity contribution < 1.29 is 18.7 Å². The molecule has 5 aromatic rings. The summed E-state index contributed by atoms with van der Waals surface area (Å²) in [6.45, 7) is 0. The Morgan fingerprint density at radius 2 is 1.71 bits per heavy atom. The van der Waals surface area contributed by atoms with E-state index in [1.165, 1.54) is 19.2 Å². The number of fused-ring (bicyclic) bond motifs is 1. The van der Waals surface area contributed by atoms with Crippen molar-refractivity contribution >= 4 is 34.8 Å². The van der Waals surface area contributed by atoms with Crippen LogP contribution in [0.5, 0.6) is 5.75 Å². The number of hydrogen-bond acceptors (Lipinski definition) is 6. The SMILES string of the molecule is COc1cc(C(N)=O)ccc1Nc1nc2ccc(-c3ccc(NC(=O)Cc4ccc(F)cc4)cc3)cn2n1. The third kappa shape index (κ3) is 5.44. The van der Waals surface area contributed by atoms with Gasteiger partial charge in [0.2, 0.25) is 17.8 Å². The summed E-state index contributed by atoms with van der Waals surface area (Å²) in [5.41, 5.74) is 10.1. The van der Waals surface area contributed by atoms with Crippen LogP contribution in [0.4, 0.5) is 21.7 Å². The second-order valence-corrected chi connectivity index (χ2v) is 8.49. The number of nitrogens with two attached hydrogens (primary N) is 1. The quantitative estimate of drug-likeness (QED) is 0.281. The van der Waals surface area contributed by atoms with Crippen LogP contribution in [0.15, 0.2) is 85.1 Å². The molecule has 0 radical (unpaired) electrons. The summed E-state index contributed by atoms with van der Waals surface area (Å²) in [5.74, 6) is -0.280. The van der Waals surface area contributed by atoms with Gasteiger partial charge in [-0.25, -0.2) is 8.91 Å². The number of pyridine rings is 1. The number of rotatable bonds is 8. The number of hydrogen-bond donors (Lipinski definition) is 3. The highest BCUT2D eigenvalue weighted by molar-refractivity contribution is 5.94. The van der Waals surface area contributed by atoms with Gasteiger partial charge < -0.3 is 21.1 Å². The van der Waals surface area contributed by atoms with Crippen molar-refractivity contribution in [1.82, 2.24) is 14.6 Å². The van der Waals surface area contributed by atoms with Crippen LogP contribution in [0.2, 0.25) is 0 Å². The molecule has 10 heteroatoms. The summed E-state index contributed by atoms with van der Waals surface area (Å²) in [7, 11) is 1.50. The van der Waals surface area contributed by atoms with Gasteiger partial charge >= 0.3 is 0 Å². The predicted molar refractivity (Wildman–Crippen MR) is 142 cm³/mol. The Morgan fingerprint density at radius 1 is 0.974 bits per heavy atom. The normalized spacial score (nSPS) is 10.8. The van der Waals surface area contributed by atoms with E-state index in [2.05, 4.69) is 20.7 Å². The molecule has 190 valence electrons. The number of primary amides is 1. The highest BCUT2D eigenvalue weighted by Gasteiger charge is 2.12. The molecule has 0 aliphatic carbocycles. The van der Waals surface area contributed by atoms with Crippen molar-refractivity contribution in [3.05, 3.63) is 102 Å². The minimum Gasteiger partial charge on any atom is -0.495 e. The number of aromatic nitrogens is 3. The number of benzene rings is 3. The highest BCUT2D eigenvalue weighted by atomic mass is 19.1. The minimum absolute atomic E-state index is 0.155. The zero-order valence-electron chi connectivity index (χ0n) is 20.3. The van der Waals surface area contributed by atoms with Crippen LogP contribution in [0.1, 0.15) is 15.9 Å². The fourth-order valence-electron chi connectivity index (χ4n) is 3.91. The molecular formula is C28H23FN6O3. The van der Waals surface area contributed by atoms with Gasteiger partial charge in [-0.2, -0.15) is 4.98 Å². The molecule has 0 saturated heterocycles. The lowest BCUT2D eigenvalue weighted by molar-refractivity contribution is -0.115. The van der Waals surface area contributed by atoms with E-state index in [0.29, 0.717) is 34.3 Å². The fraction of sp³-hybridized carbons (Fsp3) is 0.0714. The topological polar surface area (TPSA) is 124 Å². The Bertz CT molecular complexity index is 1630. The van der Waals surface area contributed by atoms with Gasteiger partial charge in [0, 0.05) is 23.0 Å². The fourth-order valence-corrected chi connectivity index (χ4v) is 3.91. The molecule has 0 unspecified atom stereocenters. The van der Waals surface area contributed by atoms with Crippen molar-refractivity contribution in [1.29, 1.82) is 0 Å². The first-order valence-electron chi connectivity index (χ1n) is 11.6. The van der Waals surface area contributed by atoms with Gasteiger partial charge in [-0.1, -0.05) is 24.3 Å². The van der Waals surface area contributed by atoms with E-state index in [4.69, 9.17) is 10.5 Å². The van der Waals surface area contributed by atoms with Crippen molar-refractivity contribution in [3.8, 4) is 16.9 Å². The summed E-state index contributed by atoms with van der Waals surface area (Å²) in [5, 5.41) is 10.5. The van der Waals surface area contributed by atoms with Crippen LogP contribution >= 0.6 is 0 Å². The molecule has 4 N–H and O–H groups in total. The maximum absolute atomic E-state index is 13.1. The van der Waals surface area contributed by atoms with E-state index in [0.717, 1.165) is 16.7 Å². The monoisotopic (exact) mass is 510 g/mol. The van der Waals surface area contributed by atoms with Gasteiger partial charge in [-0.05, 0) is 65.7 Å². The van der Waals surface area contributed by atoms with Crippen LogP contribution in [0.3, 0.4) is 0 Å². The van der Waals surface area contributed by atoms with Crippen molar-refractivity contribution in [3.63, 3.8) is 0 Å². The Labute approximate surface area is 217 Å². The molecule has 0 aliphatic heterocycles. The standard InChI is InChI=1S/C28H23FN6O3/c1-38-24-15-19(27(30)37)6-12-23(24)32-28-33-25-13-7-20(16-35(25)34-28)18-4-10-22(11-5-18)31-26(36)14-17-2-8-21(29)9-3-17/h2-13,15-16H,14H2,1H3,(H2,30,37)(H,31,36)(H,32,34). The molecule has 0 spiro atoms. The Morgan fingerprint density at radius 3 is 2.42 bits per heavy atom. The van der Waals surface area contributed by atoms with E-state index < -0.39 is 5.91 Å². The Hall–Kier alpha value is -5.25. The number of nitrogens with zero attached hydrogens (tertiary/aromatic N) is 3. The van der Waals surface area contributed by atoms with Gasteiger partial charge in [0.05, 0.1) is 19.2 Å². The van der Waals surface area contributed by atoms with E-state index in [1.54, 1.807) is 34.8 Å². The second-order valence-electron chi connectivity index (χ2n) is 8.49. The molecule has 0 fully saturated rings. The van der Waals surface area contributed by atoms with Crippen LogP contribution in [0.25, 0.3) is 16.8 Å². The average molecular weight is 511 g/mol. The molecule has 2 amide bonds. The van der Waals surface area contributed by atoms with Crippen molar-refractivity contribution in [2.45, 2.75) is 6.42 Å². The number of amides is 2.